The van der Waals surface area contributed by atoms with Crippen molar-refractivity contribution >= 4 is 0 Å². The summed E-state index contributed by atoms with van der Waals surface area (Å²) in [7, 11) is 1.31. The maximum absolute atomic E-state index is 12.9. The molecule has 0 amide bonds. The lowest BCUT2D eigenvalue weighted by molar-refractivity contribution is -0.143. The molecule has 0 aromatic heterocycles. The van der Waals surface area contributed by atoms with Crippen LogP contribution in [-0.4, -0.2) is 12.2 Å². The van der Waals surface area contributed by atoms with Gasteiger partial charge >= 0.3 is 6.18 Å². The SMILES string of the molecule is COc1ccc(C2(O)CCC2)c(C(F)(F)F)c1. The number of hydrogen-bond acceptors (Lipinski definition) is 2. The monoisotopic (exact) mass is 246 g/mol. The molecular formula is C12H13F3O2. The molecule has 0 bridgehead atoms. The highest BCUT2D eigenvalue weighted by Crippen LogP contribution is 2.46. The van der Waals surface area contributed by atoms with E-state index in [0.717, 1.165) is 12.5 Å². The summed E-state index contributed by atoms with van der Waals surface area (Å²) in [6.45, 7) is 0. The second kappa shape index (κ2) is 3.91. The van der Waals surface area contributed by atoms with Crippen LogP contribution in [0.3, 0.4) is 0 Å². The molecule has 0 atom stereocenters. The van der Waals surface area contributed by atoms with Crippen LogP contribution in [0.2, 0.25) is 0 Å². The van der Waals surface area contributed by atoms with Crippen molar-refractivity contribution in [1.82, 2.24) is 0 Å². The van der Waals surface area contributed by atoms with Gasteiger partial charge in [-0.2, -0.15) is 13.2 Å². The normalized spacial score (nSPS) is 18.6. The summed E-state index contributed by atoms with van der Waals surface area (Å²) in [5.74, 6) is 0.143. The average molecular weight is 246 g/mol. The number of rotatable bonds is 2. The van der Waals surface area contributed by atoms with Crippen LogP contribution < -0.4 is 4.74 Å². The number of aliphatic hydroxyl groups is 1. The van der Waals surface area contributed by atoms with E-state index in [2.05, 4.69) is 0 Å². The maximum atomic E-state index is 12.9. The van der Waals surface area contributed by atoms with Gasteiger partial charge in [0.1, 0.15) is 5.75 Å². The van der Waals surface area contributed by atoms with Crippen molar-refractivity contribution in [2.45, 2.75) is 31.0 Å². The fourth-order valence-electron chi connectivity index (χ4n) is 2.07. The van der Waals surface area contributed by atoms with Gasteiger partial charge in [0.05, 0.1) is 18.3 Å². The summed E-state index contributed by atoms with van der Waals surface area (Å²) in [4.78, 5) is 0. The van der Waals surface area contributed by atoms with Gasteiger partial charge in [0.15, 0.2) is 0 Å². The molecule has 1 N–H and O–H groups in total. The Morgan fingerprint density at radius 2 is 1.94 bits per heavy atom. The van der Waals surface area contributed by atoms with Crippen LogP contribution in [0.1, 0.15) is 30.4 Å². The summed E-state index contributed by atoms with van der Waals surface area (Å²) in [5.41, 5.74) is -2.17. The van der Waals surface area contributed by atoms with Gasteiger partial charge in [-0.3, -0.25) is 0 Å². The van der Waals surface area contributed by atoms with Crippen LogP contribution in [-0.2, 0) is 11.8 Å². The highest BCUT2D eigenvalue weighted by atomic mass is 19.4. The quantitative estimate of drug-likeness (QED) is 0.868. The zero-order chi connectivity index (χ0) is 12.7. The Labute approximate surface area is 97.0 Å². The van der Waals surface area contributed by atoms with E-state index in [9.17, 15) is 18.3 Å². The Kier molecular flexibility index (Phi) is 2.81. The van der Waals surface area contributed by atoms with Crippen molar-refractivity contribution in [2.75, 3.05) is 7.11 Å². The molecule has 0 aliphatic heterocycles. The summed E-state index contributed by atoms with van der Waals surface area (Å²) in [6, 6.07) is 3.69. The molecule has 1 fully saturated rings. The van der Waals surface area contributed by atoms with E-state index in [4.69, 9.17) is 4.74 Å². The summed E-state index contributed by atoms with van der Waals surface area (Å²) in [5, 5.41) is 10.0. The number of halogens is 3. The summed E-state index contributed by atoms with van der Waals surface area (Å²) < 4.78 is 43.5. The van der Waals surface area contributed by atoms with Crippen LogP contribution in [0.25, 0.3) is 0 Å². The first-order valence-electron chi connectivity index (χ1n) is 5.35. The van der Waals surface area contributed by atoms with Gasteiger partial charge in [-0.25, -0.2) is 0 Å². The van der Waals surface area contributed by atoms with Crippen molar-refractivity contribution in [3.63, 3.8) is 0 Å². The first-order valence-corrected chi connectivity index (χ1v) is 5.35. The molecule has 1 aliphatic carbocycles. The smallest absolute Gasteiger partial charge is 0.416 e. The van der Waals surface area contributed by atoms with Crippen molar-refractivity contribution in [3.05, 3.63) is 29.3 Å². The van der Waals surface area contributed by atoms with E-state index < -0.39 is 17.3 Å². The second-order valence-electron chi connectivity index (χ2n) is 4.29. The van der Waals surface area contributed by atoms with Crippen molar-refractivity contribution in [1.29, 1.82) is 0 Å². The summed E-state index contributed by atoms with van der Waals surface area (Å²) >= 11 is 0. The highest BCUT2D eigenvalue weighted by molar-refractivity contribution is 5.41. The number of hydrogen-bond donors (Lipinski definition) is 1. The van der Waals surface area contributed by atoms with Gasteiger partial charge in [0.25, 0.3) is 0 Å². The molecule has 0 spiro atoms. The number of methoxy groups -OCH3 is 1. The van der Waals surface area contributed by atoms with E-state index in [1.807, 2.05) is 0 Å². The van der Waals surface area contributed by atoms with Crippen molar-refractivity contribution < 1.29 is 23.0 Å². The number of benzene rings is 1. The van der Waals surface area contributed by atoms with Crippen molar-refractivity contribution in [2.24, 2.45) is 0 Å². The van der Waals surface area contributed by atoms with Gasteiger partial charge in [-0.1, -0.05) is 6.07 Å². The molecule has 0 saturated heterocycles. The van der Waals surface area contributed by atoms with Crippen LogP contribution in [0.4, 0.5) is 13.2 Å². The van der Waals surface area contributed by atoms with Crippen LogP contribution >= 0.6 is 0 Å². The standard InChI is InChI=1S/C12H13F3O2/c1-17-8-3-4-9(11(16)5-2-6-11)10(7-8)12(13,14)15/h3-4,7,16H,2,5-6H2,1H3. The Bertz CT molecular complexity index is 422. The lowest BCUT2D eigenvalue weighted by Crippen LogP contribution is -2.35. The second-order valence-corrected chi connectivity index (χ2v) is 4.29. The minimum atomic E-state index is -4.48. The van der Waals surface area contributed by atoms with E-state index >= 15 is 0 Å². The molecule has 1 aromatic rings. The largest absolute Gasteiger partial charge is 0.497 e. The third kappa shape index (κ3) is 2.11. The van der Waals surface area contributed by atoms with E-state index in [0.29, 0.717) is 12.8 Å². The fourth-order valence-corrected chi connectivity index (χ4v) is 2.07. The Hall–Kier alpha value is -1.23. The Balaban J connectivity index is 2.51. The third-order valence-electron chi connectivity index (χ3n) is 3.21. The molecule has 2 nitrogen and oxygen atoms in total. The first kappa shape index (κ1) is 12.2. The molecule has 0 heterocycles. The molecule has 1 saturated carbocycles. The molecule has 94 valence electrons. The summed E-state index contributed by atoms with van der Waals surface area (Å²) in [6.07, 6.45) is -2.97. The van der Waals surface area contributed by atoms with Crippen LogP contribution in [0, 0.1) is 0 Å². The predicted octanol–water partition coefficient (Wildman–Crippen LogP) is 3.09. The molecular weight excluding hydrogens is 233 g/mol. The molecule has 1 aromatic carbocycles. The lowest BCUT2D eigenvalue weighted by Gasteiger charge is -2.38. The van der Waals surface area contributed by atoms with Crippen molar-refractivity contribution in [3.8, 4) is 5.75 Å². The fraction of sp³-hybridized carbons (Fsp3) is 0.500. The van der Waals surface area contributed by atoms with Gasteiger partial charge in [0, 0.05) is 0 Å². The minimum absolute atomic E-state index is 0.0444. The van der Waals surface area contributed by atoms with E-state index in [1.165, 1.54) is 19.2 Å². The minimum Gasteiger partial charge on any atom is -0.497 e. The van der Waals surface area contributed by atoms with E-state index in [1.54, 1.807) is 0 Å². The van der Waals surface area contributed by atoms with Gasteiger partial charge in [-0.15, -0.1) is 0 Å². The third-order valence-corrected chi connectivity index (χ3v) is 3.21. The Morgan fingerprint density at radius 1 is 1.29 bits per heavy atom. The van der Waals surface area contributed by atoms with Gasteiger partial charge in [0.2, 0.25) is 0 Å². The van der Waals surface area contributed by atoms with Gasteiger partial charge < -0.3 is 9.84 Å². The molecule has 1 aliphatic rings. The average Bonchev–Trinajstić information content (AvgIpc) is 2.24. The van der Waals surface area contributed by atoms with Crippen LogP contribution in [0.5, 0.6) is 5.75 Å². The molecule has 5 heteroatoms. The first-order chi connectivity index (χ1) is 7.87. The zero-order valence-electron chi connectivity index (χ0n) is 9.34. The van der Waals surface area contributed by atoms with Crippen LogP contribution in [0.15, 0.2) is 18.2 Å². The number of alkyl halides is 3. The zero-order valence-corrected chi connectivity index (χ0v) is 9.34. The lowest BCUT2D eigenvalue weighted by atomic mass is 9.73. The maximum Gasteiger partial charge on any atom is 0.416 e. The highest BCUT2D eigenvalue weighted by Gasteiger charge is 2.44. The molecule has 0 unspecified atom stereocenters. The topological polar surface area (TPSA) is 29.5 Å². The molecule has 0 radical (unpaired) electrons. The predicted molar refractivity (Wildman–Crippen MR) is 55.7 cm³/mol. The molecule has 2 rings (SSSR count). The molecule has 17 heavy (non-hydrogen) atoms. The number of ether oxygens (including phenoxy) is 1. The van der Waals surface area contributed by atoms with Gasteiger partial charge in [-0.05, 0) is 37.0 Å². The Morgan fingerprint density at radius 3 is 2.35 bits per heavy atom. The van der Waals surface area contributed by atoms with E-state index in [-0.39, 0.29) is 11.3 Å².